The molecule has 0 bridgehead atoms. The minimum atomic E-state index is -1.91. The highest BCUT2D eigenvalue weighted by Gasteiger charge is 2.62. The number of benzene rings is 1. The number of carbonyl (C=O) groups excluding carboxylic acids is 3. The van der Waals surface area contributed by atoms with E-state index in [4.69, 9.17) is 19.9 Å². The number of fused-ring (bicyclic) bond motifs is 2. The molecule has 172 valence electrons. The lowest BCUT2D eigenvalue weighted by Crippen LogP contribution is -2.49. The molecular formula is C23H27BrN2O6. The summed E-state index contributed by atoms with van der Waals surface area (Å²) < 4.78 is 17.4. The largest absolute Gasteiger partial charge is 0.456 e. The van der Waals surface area contributed by atoms with Crippen LogP contribution in [0.15, 0.2) is 45.5 Å². The van der Waals surface area contributed by atoms with Gasteiger partial charge in [-0.3, -0.25) is 4.79 Å². The first-order chi connectivity index (χ1) is 14.6. The summed E-state index contributed by atoms with van der Waals surface area (Å²) in [4.78, 5) is 40.4. The van der Waals surface area contributed by atoms with E-state index in [0.717, 1.165) is 0 Å². The smallest absolute Gasteiger partial charge is 0.341 e. The predicted octanol–water partition coefficient (Wildman–Crippen LogP) is 3.80. The van der Waals surface area contributed by atoms with Gasteiger partial charge < -0.3 is 25.3 Å². The summed E-state index contributed by atoms with van der Waals surface area (Å²) in [5.74, 6) is -2.55. The molecule has 3 N–H and O–H groups in total. The van der Waals surface area contributed by atoms with Gasteiger partial charge in [0.1, 0.15) is 33.5 Å². The second kappa shape index (κ2) is 7.65. The number of esters is 2. The summed E-state index contributed by atoms with van der Waals surface area (Å²) in [6.07, 6.45) is 0. The number of nitrogens with two attached hydrogens (primary N) is 1. The van der Waals surface area contributed by atoms with E-state index in [9.17, 15) is 14.4 Å². The van der Waals surface area contributed by atoms with Gasteiger partial charge in [0.25, 0.3) is 0 Å². The molecule has 1 atom stereocenters. The Balaban J connectivity index is 2.37. The Labute approximate surface area is 195 Å². The van der Waals surface area contributed by atoms with E-state index in [1.807, 2.05) is 0 Å². The first-order valence-electron chi connectivity index (χ1n) is 10.1. The molecule has 2 aliphatic heterocycles. The molecule has 9 heteroatoms. The van der Waals surface area contributed by atoms with Crippen molar-refractivity contribution in [3.63, 3.8) is 0 Å². The third-order valence-electron chi connectivity index (χ3n) is 4.79. The third kappa shape index (κ3) is 4.01. The molecule has 2 heterocycles. The minimum absolute atomic E-state index is 0.0621. The van der Waals surface area contributed by atoms with Crippen LogP contribution in [-0.2, 0) is 34.0 Å². The first kappa shape index (κ1) is 23.8. The number of amides is 1. The van der Waals surface area contributed by atoms with Crippen molar-refractivity contribution in [1.82, 2.24) is 0 Å². The van der Waals surface area contributed by atoms with Crippen molar-refractivity contribution >= 4 is 39.5 Å². The standard InChI is InChI=1S/C23H27BrN2O6/c1-11-15(18(27)31-21(2,3)4)23(13-10-12(24)8-9-14(13)26-20(23)29)16(17(25)30-11)19(28)32-22(5,6)7/h8-10H,25H2,1-7H3,(H,26,29). The summed E-state index contributed by atoms with van der Waals surface area (Å²) in [6.45, 7) is 11.7. The second-order valence-corrected chi connectivity index (χ2v) is 10.6. The second-order valence-electron chi connectivity index (χ2n) is 9.67. The third-order valence-corrected chi connectivity index (χ3v) is 5.29. The zero-order valence-corrected chi connectivity index (χ0v) is 20.7. The lowest BCUT2D eigenvalue weighted by Gasteiger charge is -2.37. The fourth-order valence-electron chi connectivity index (χ4n) is 3.82. The van der Waals surface area contributed by atoms with Crippen molar-refractivity contribution in [2.45, 2.75) is 65.1 Å². The van der Waals surface area contributed by atoms with Crippen LogP contribution >= 0.6 is 15.9 Å². The monoisotopic (exact) mass is 506 g/mol. The Kier molecular flexibility index (Phi) is 5.70. The fraction of sp³-hybridized carbons (Fsp3) is 0.435. The van der Waals surface area contributed by atoms with Crippen molar-refractivity contribution in [1.29, 1.82) is 0 Å². The van der Waals surface area contributed by atoms with Crippen molar-refractivity contribution in [2.24, 2.45) is 5.73 Å². The van der Waals surface area contributed by atoms with Crippen LogP contribution in [0.3, 0.4) is 0 Å². The van der Waals surface area contributed by atoms with Crippen LogP contribution in [0.25, 0.3) is 0 Å². The van der Waals surface area contributed by atoms with Crippen LogP contribution in [0.5, 0.6) is 0 Å². The molecule has 0 saturated carbocycles. The molecule has 0 fully saturated rings. The van der Waals surface area contributed by atoms with E-state index >= 15 is 0 Å². The lowest BCUT2D eigenvalue weighted by molar-refractivity contribution is -0.153. The maximum absolute atomic E-state index is 13.6. The predicted molar refractivity (Wildman–Crippen MR) is 121 cm³/mol. The Bertz CT molecular complexity index is 1040. The van der Waals surface area contributed by atoms with Crippen LogP contribution in [-0.4, -0.2) is 29.0 Å². The Morgan fingerprint density at radius 1 is 1.03 bits per heavy atom. The highest BCUT2D eigenvalue weighted by Crippen LogP contribution is 2.53. The average molecular weight is 507 g/mol. The molecule has 0 radical (unpaired) electrons. The van der Waals surface area contributed by atoms with Gasteiger partial charge >= 0.3 is 11.9 Å². The van der Waals surface area contributed by atoms with Gasteiger partial charge in [-0.25, -0.2) is 9.59 Å². The van der Waals surface area contributed by atoms with Crippen LogP contribution in [0.1, 0.15) is 54.0 Å². The molecule has 0 aliphatic carbocycles. The Morgan fingerprint density at radius 3 is 2.09 bits per heavy atom. The summed E-state index contributed by atoms with van der Waals surface area (Å²) in [5.41, 5.74) is 2.92. The first-order valence-corrected chi connectivity index (χ1v) is 10.8. The van der Waals surface area contributed by atoms with Crippen molar-refractivity contribution < 1.29 is 28.6 Å². The van der Waals surface area contributed by atoms with Gasteiger partial charge in [0, 0.05) is 15.7 Å². The van der Waals surface area contributed by atoms with E-state index in [1.165, 1.54) is 6.92 Å². The van der Waals surface area contributed by atoms with Gasteiger partial charge in [-0.1, -0.05) is 15.9 Å². The van der Waals surface area contributed by atoms with Crippen LogP contribution in [0.2, 0.25) is 0 Å². The quantitative estimate of drug-likeness (QED) is 0.585. The molecule has 2 aliphatic rings. The number of rotatable bonds is 2. The maximum atomic E-state index is 13.6. The Hall–Kier alpha value is -2.81. The van der Waals surface area contributed by atoms with Gasteiger partial charge in [0.15, 0.2) is 0 Å². The van der Waals surface area contributed by atoms with Gasteiger partial charge in [-0.2, -0.15) is 0 Å². The summed E-state index contributed by atoms with van der Waals surface area (Å²) in [6, 6.07) is 5.07. The van der Waals surface area contributed by atoms with Crippen LogP contribution < -0.4 is 11.1 Å². The number of allylic oxidation sites excluding steroid dienone is 1. The number of hydrogen-bond acceptors (Lipinski definition) is 7. The van der Waals surface area contributed by atoms with Gasteiger partial charge in [-0.05, 0) is 66.7 Å². The van der Waals surface area contributed by atoms with E-state index < -0.39 is 34.5 Å². The van der Waals surface area contributed by atoms with Crippen molar-refractivity contribution in [2.75, 3.05) is 5.32 Å². The molecule has 1 amide bonds. The van der Waals surface area contributed by atoms with Gasteiger partial charge in [-0.15, -0.1) is 0 Å². The number of halogens is 1. The molecular weight excluding hydrogens is 480 g/mol. The normalized spacial score (nSPS) is 20.7. The topological polar surface area (TPSA) is 117 Å². The summed E-state index contributed by atoms with van der Waals surface area (Å²) in [5, 5.41) is 2.77. The van der Waals surface area contributed by atoms with E-state index in [0.29, 0.717) is 15.7 Å². The minimum Gasteiger partial charge on any atom is -0.456 e. The van der Waals surface area contributed by atoms with Crippen LogP contribution in [0.4, 0.5) is 5.69 Å². The molecule has 1 aromatic carbocycles. The summed E-state index contributed by atoms with van der Waals surface area (Å²) in [7, 11) is 0. The highest BCUT2D eigenvalue weighted by molar-refractivity contribution is 9.10. The van der Waals surface area contributed by atoms with Crippen molar-refractivity contribution in [3.05, 3.63) is 51.0 Å². The molecule has 1 unspecified atom stereocenters. The summed E-state index contributed by atoms with van der Waals surface area (Å²) >= 11 is 3.41. The number of ether oxygens (including phenoxy) is 3. The SMILES string of the molecule is CC1=C(C(=O)OC(C)(C)C)C2(C(=O)Nc3ccc(Br)cc32)C(C(=O)OC(C)(C)C)=C(N)O1. The molecule has 1 aromatic rings. The Morgan fingerprint density at radius 2 is 1.56 bits per heavy atom. The number of nitrogens with one attached hydrogen (secondary N) is 1. The van der Waals surface area contributed by atoms with Crippen LogP contribution in [0, 0.1) is 0 Å². The molecule has 8 nitrogen and oxygen atoms in total. The maximum Gasteiger partial charge on any atom is 0.341 e. The van der Waals surface area contributed by atoms with E-state index in [2.05, 4.69) is 21.2 Å². The number of hydrogen-bond donors (Lipinski definition) is 2. The molecule has 3 rings (SSSR count). The van der Waals surface area contributed by atoms with Crippen molar-refractivity contribution in [3.8, 4) is 0 Å². The average Bonchev–Trinajstić information content (AvgIpc) is 2.84. The van der Waals surface area contributed by atoms with E-state index in [-0.39, 0.29) is 22.8 Å². The molecule has 0 aromatic heterocycles. The zero-order valence-electron chi connectivity index (χ0n) is 19.1. The molecule has 1 spiro atoms. The van der Waals surface area contributed by atoms with E-state index in [1.54, 1.807) is 59.7 Å². The highest BCUT2D eigenvalue weighted by atomic mass is 79.9. The molecule has 0 saturated heterocycles. The zero-order chi connectivity index (χ0) is 24.2. The molecule has 32 heavy (non-hydrogen) atoms. The number of anilines is 1. The number of carbonyl (C=O) groups is 3. The lowest BCUT2D eigenvalue weighted by atomic mass is 9.67. The fourth-order valence-corrected chi connectivity index (χ4v) is 4.18. The van der Waals surface area contributed by atoms with Gasteiger partial charge in [0.2, 0.25) is 11.8 Å². The van der Waals surface area contributed by atoms with Gasteiger partial charge in [0.05, 0.1) is 0 Å².